The number of hydrogen-bond donors (Lipinski definition) is 1. The van der Waals surface area contributed by atoms with E-state index in [-0.39, 0.29) is 0 Å². The molecule has 0 aliphatic heterocycles. The first kappa shape index (κ1) is 14.4. The number of hydrogen-bond acceptors (Lipinski definition) is 3. The Labute approximate surface area is 120 Å². The Hall–Kier alpha value is -1.97. The Morgan fingerprint density at radius 2 is 2.10 bits per heavy atom. The monoisotopic (exact) mass is 273 g/mol. The van der Waals surface area contributed by atoms with E-state index in [9.17, 15) is 0 Å². The summed E-state index contributed by atoms with van der Waals surface area (Å²) < 4.78 is 7.28. The number of aryl methyl sites for hydroxylation is 1. The van der Waals surface area contributed by atoms with Crippen LogP contribution in [0.25, 0.3) is 0 Å². The number of nitrogens with zero attached hydrogens (tertiary/aromatic N) is 2. The van der Waals surface area contributed by atoms with Gasteiger partial charge in [-0.3, -0.25) is 4.68 Å². The topological polar surface area (TPSA) is 39.1 Å². The molecule has 0 saturated carbocycles. The molecule has 0 unspecified atom stereocenters. The van der Waals surface area contributed by atoms with E-state index in [1.807, 2.05) is 18.2 Å². The first-order valence-corrected chi connectivity index (χ1v) is 6.99. The van der Waals surface area contributed by atoms with Gasteiger partial charge in [-0.25, -0.2) is 0 Å². The molecule has 0 radical (unpaired) electrons. The Morgan fingerprint density at radius 3 is 2.80 bits per heavy atom. The summed E-state index contributed by atoms with van der Waals surface area (Å²) >= 11 is 0. The lowest BCUT2D eigenvalue weighted by Crippen LogP contribution is -2.08. The molecule has 0 atom stereocenters. The predicted octanol–water partition coefficient (Wildman–Crippen LogP) is 3.47. The number of methoxy groups -OCH3 is 1. The summed E-state index contributed by atoms with van der Waals surface area (Å²) in [5, 5.41) is 7.94. The summed E-state index contributed by atoms with van der Waals surface area (Å²) in [6.45, 7) is 8.18. The minimum absolute atomic E-state index is 0.597. The summed E-state index contributed by atoms with van der Waals surface area (Å²) in [6, 6.07) is 10.1. The van der Waals surface area contributed by atoms with Crippen molar-refractivity contribution in [2.24, 2.45) is 5.92 Å². The standard InChI is InChI=1S/C16H23N3O/c1-12(2)11-19-13(3)8-16(18-19)17-10-14-6-5-7-15(9-14)20-4/h5-9,12H,10-11H2,1-4H3,(H,17,18). The van der Waals surface area contributed by atoms with Gasteiger partial charge in [-0.05, 0) is 30.5 Å². The molecule has 0 amide bonds. The van der Waals surface area contributed by atoms with Crippen molar-refractivity contribution in [3.8, 4) is 5.75 Å². The Bertz CT molecular complexity index is 561. The van der Waals surface area contributed by atoms with Crippen LogP contribution in [0.3, 0.4) is 0 Å². The Balaban J connectivity index is 2.00. The summed E-state index contributed by atoms with van der Waals surface area (Å²) in [7, 11) is 1.68. The lowest BCUT2D eigenvalue weighted by Gasteiger charge is -2.07. The highest BCUT2D eigenvalue weighted by Gasteiger charge is 2.05. The fourth-order valence-electron chi connectivity index (χ4n) is 2.10. The molecule has 2 aromatic rings. The lowest BCUT2D eigenvalue weighted by molar-refractivity contribution is 0.414. The molecule has 20 heavy (non-hydrogen) atoms. The van der Waals surface area contributed by atoms with E-state index in [2.05, 4.69) is 48.0 Å². The van der Waals surface area contributed by atoms with Gasteiger partial charge in [-0.15, -0.1) is 0 Å². The normalized spacial score (nSPS) is 10.8. The lowest BCUT2D eigenvalue weighted by atomic mass is 10.2. The van der Waals surface area contributed by atoms with E-state index in [4.69, 9.17) is 4.74 Å². The second-order valence-electron chi connectivity index (χ2n) is 5.45. The second-order valence-corrected chi connectivity index (χ2v) is 5.45. The number of ether oxygens (including phenoxy) is 1. The van der Waals surface area contributed by atoms with Crippen molar-refractivity contribution in [3.05, 3.63) is 41.6 Å². The zero-order chi connectivity index (χ0) is 14.5. The van der Waals surface area contributed by atoms with Gasteiger partial charge >= 0.3 is 0 Å². The van der Waals surface area contributed by atoms with Crippen LogP contribution in [-0.4, -0.2) is 16.9 Å². The minimum Gasteiger partial charge on any atom is -0.497 e. The highest BCUT2D eigenvalue weighted by atomic mass is 16.5. The van der Waals surface area contributed by atoms with Crippen molar-refractivity contribution in [2.75, 3.05) is 12.4 Å². The van der Waals surface area contributed by atoms with Crippen LogP contribution in [0.5, 0.6) is 5.75 Å². The van der Waals surface area contributed by atoms with Gasteiger partial charge < -0.3 is 10.1 Å². The molecule has 0 bridgehead atoms. The van der Waals surface area contributed by atoms with Gasteiger partial charge in [0, 0.05) is 24.8 Å². The Kier molecular flexibility index (Phi) is 4.66. The van der Waals surface area contributed by atoms with Crippen molar-refractivity contribution in [2.45, 2.75) is 33.9 Å². The third kappa shape index (κ3) is 3.76. The predicted molar refractivity (Wildman–Crippen MR) is 82.1 cm³/mol. The zero-order valence-electron chi connectivity index (χ0n) is 12.7. The van der Waals surface area contributed by atoms with E-state index in [1.54, 1.807) is 7.11 Å². The van der Waals surface area contributed by atoms with Gasteiger partial charge in [0.1, 0.15) is 11.6 Å². The molecule has 0 fully saturated rings. The maximum Gasteiger partial charge on any atom is 0.148 e. The largest absolute Gasteiger partial charge is 0.497 e. The molecule has 1 N–H and O–H groups in total. The van der Waals surface area contributed by atoms with E-state index in [0.29, 0.717) is 5.92 Å². The molecule has 2 rings (SSSR count). The van der Waals surface area contributed by atoms with Crippen molar-refractivity contribution < 1.29 is 4.74 Å². The van der Waals surface area contributed by atoms with Gasteiger partial charge in [0.2, 0.25) is 0 Å². The average Bonchev–Trinajstić information content (AvgIpc) is 2.76. The van der Waals surface area contributed by atoms with Gasteiger partial charge in [0.05, 0.1) is 7.11 Å². The summed E-state index contributed by atoms with van der Waals surface area (Å²) in [5.41, 5.74) is 2.37. The first-order chi connectivity index (χ1) is 9.58. The maximum absolute atomic E-state index is 5.23. The molecule has 0 aliphatic rings. The van der Waals surface area contributed by atoms with Crippen molar-refractivity contribution in [1.29, 1.82) is 0 Å². The summed E-state index contributed by atoms with van der Waals surface area (Å²) in [6.07, 6.45) is 0. The fraction of sp³-hybridized carbons (Fsp3) is 0.438. The fourth-order valence-corrected chi connectivity index (χ4v) is 2.10. The smallest absolute Gasteiger partial charge is 0.148 e. The highest BCUT2D eigenvalue weighted by molar-refractivity contribution is 5.38. The van der Waals surface area contributed by atoms with Crippen molar-refractivity contribution >= 4 is 5.82 Å². The van der Waals surface area contributed by atoms with E-state index < -0.39 is 0 Å². The van der Waals surface area contributed by atoms with Crippen LogP contribution in [0.2, 0.25) is 0 Å². The number of anilines is 1. The molecule has 4 nitrogen and oxygen atoms in total. The van der Waals surface area contributed by atoms with Crippen LogP contribution in [0, 0.1) is 12.8 Å². The molecule has 0 spiro atoms. The van der Waals surface area contributed by atoms with Gasteiger partial charge in [-0.2, -0.15) is 5.10 Å². The molecule has 4 heteroatoms. The number of aromatic nitrogens is 2. The summed E-state index contributed by atoms with van der Waals surface area (Å²) in [4.78, 5) is 0. The average molecular weight is 273 g/mol. The molecular formula is C16H23N3O. The third-order valence-electron chi connectivity index (χ3n) is 3.13. The molecule has 0 aliphatic carbocycles. The molecule has 108 valence electrons. The van der Waals surface area contributed by atoms with Gasteiger partial charge in [-0.1, -0.05) is 26.0 Å². The number of rotatable bonds is 6. The Morgan fingerprint density at radius 1 is 1.30 bits per heavy atom. The van der Waals surface area contributed by atoms with E-state index in [1.165, 1.54) is 11.3 Å². The molecule has 1 aromatic carbocycles. The highest BCUT2D eigenvalue weighted by Crippen LogP contribution is 2.15. The number of nitrogens with one attached hydrogen (secondary N) is 1. The van der Waals surface area contributed by atoms with Crippen LogP contribution >= 0.6 is 0 Å². The van der Waals surface area contributed by atoms with E-state index in [0.717, 1.165) is 24.7 Å². The van der Waals surface area contributed by atoms with Crippen molar-refractivity contribution in [3.63, 3.8) is 0 Å². The molecule has 0 saturated heterocycles. The molecule has 1 heterocycles. The number of benzene rings is 1. The van der Waals surface area contributed by atoms with Crippen LogP contribution in [-0.2, 0) is 13.1 Å². The van der Waals surface area contributed by atoms with E-state index >= 15 is 0 Å². The van der Waals surface area contributed by atoms with Gasteiger partial charge in [0.15, 0.2) is 0 Å². The van der Waals surface area contributed by atoms with Crippen LogP contribution in [0.1, 0.15) is 25.1 Å². The molecule has 1 aromatic heterocycles. The summed E-state index contributed by atoms with van der Waals surface area (Å²) in [5.74, 6) is 2.40. The quantitative estimate of drug-likeness (QED) is 0.876. The second kappa shape index (κ2) is 6.46. The van der Waals surface area contributed by atoms with Crippen molar-refractivity contribution in [1.82, 2.24) is 9.78 Å². The SMILES string of the molecule is COc1cccc(CNc2cc(C)n(CC(C)C)n2)c1. The first-order valence-electron chi connectivity index (χ1n) is 6.99. The zero-order valence-corrected chi connectivity index (χ0v) is 12.7. The van der Waals surface area contributed by atoms with Crippen LogP contribution in [0.4, 0.5) is 5.82 Å². The third-order valence-corrected chi connectivity index (χ3v) is 3.13. The minimum atomic E-state index is 0.597. The molecular weight excluding hydrogens is 250 g/mol. The van der Waals surface area contributed by atoms with Crippen LogP contribution in [0.15, 0.2) is 30.3 Å². The van der Waals surface area contributed by atoms with Gasteiger partial charge in [0.25, 0.3) is 0 Å². The van der Waals surface area contributed by atoms with Crippen LogP contribution < -0.4 is 10.1 Å². The maximum atomic E-state index is 5.23.